The van der Waals surface area contributed by atoms with Crippen LogP contribution in [0.3, 0.4) is 0 Å². The van der Waals surface area contributed by atoms with E-state index in [4.69, 9.17) is 5.73 Å². The van der Waals surface area contributed by atoms with E-state index < -0.39 is 0 Å². The fourth-order valence-corrected chi connectivity index (χ4v) is 1.85. The molecule has 0 aromatic carbocycles. The first-order chi connectivity index (χ1) is 4.29. The Morgan fingerprint density at radius 2 is 2.33 bits per heavy atom. The van der Waals surface area contributed by atoms with Crippen LogP contribution in [0.1, 0.15) is 19.8 Å². The first kappa shape index (κ1) is 7.42. The van der Waals surface area contributed by atoms with Crippen molar-refractivity contribution in [2.75, 3.05) is 11.5 Å². The zero-order chi connectivity index (χ0) is 6.69. The summed E-state index contributed by atoms with van der Waals surface area (Å²) in [6, 6.07) is 0.413. The van der Waals surface area contributed by atoms with Crippen LogP contribution in [0.4, 0.5) is 0 Å². The zero-order valence-corrected chi connectivity index (χ0v) is 6.79. The minimum Gasteiger partial charge on any atom is -0.328 e. The van der Waals surface area contributed by atoms with Gasteiger partial charge in [-0.05, 0) is 37.2 Å². The summed E-state index contributed by atoms with van der Waals surface area (Å²) in [6.07, 6.45) is 2.57. The molecule has 1 fully saturated rings. The minimum absolute atomic E-state index is 0.413. The fourth-order valence-electron chi connectivity index (χ4n) is 0.950. The molecule has 0 saturated carbocycles. The highest BCUT2D eigenvalue weighted by Crippen LogP contribution is 2.28. The van der Waals surface area contributed by atoms with E-state index in [0.717, 1.165) is 5.92 Å². The van der Waals surface area contributed by atoms with Crippen molar-refractivity contribution < 1.29 is 0 Å². The van der Waals surface area contributed by atoms with Crippen LogP contribution < -0.4 is 5.73 Å². The summed E-state index contributed by atoms with van der Waals surface area (Å²) in [5.74, 6) is 3.76. The average molecular weight is 145 g/mol. The van der Waals surface area contributed by atoms with Crippen molar-refractivity contribution in [1.82, 2.24) is 0 Å². The first-order valence-electron chi connectivity index (χ1n) is 3.62. The number of rotatable bonds is 3. The SMILES string of the molecule is CC(N)CCC1CSC1. The average Bonchev–Trinajstić information content (AvgIpc) is 1.60. The van der Waals surface area contributed by atoms with Gasteiger partial charge >= 0.3 is 0 Å². The molecule has 0 aliphatic carbocycles. The Hall–Kier alpha value is 0.310. The summed E-state index contributed by atoms with van der Waals surface area (Å²) in [6.45, 7) is 2.09. The molecule has 2 heteroatoms. The summed E-state index contributed by atoms with van der Waals surface area (Å²) >= 11 is 2.06. The van der Waals surface area contributed by atoms with Gasteiger partial charge < -0.3 is 5.73 Å². The van der Waals surface area contributed by atoms with Crippen LogP contribution in [0, 0.1) is 5.92 Å². The van der Waals surface area contributed by atoms with Crippen molar-refractivity contribution in [3.05, 3.63) is 0 Å². The van der Waals surface area contributed by atoms with E-state index in [2.05, 4.69) is 18.7 Å². The maximum atomic E-state index is 5.61. The highest BCUT2D eigenvalue weighted by molar-refractivity contribution is 8.00. The number of nitrogens with two attached hydrogens (primary N) is 1. The first-order valence-corrected chi connectivity index (χ1v) is 4.78. The van der Waals surface area contributed by atoms with Gasteiger partial charge in [0, 0.05) is 6.04 Å². The highest BCUT2D eigenvalue weighted by atomic mass is 32.2. The largest absolute Gasteiger partial charge is 0.328 e. The molecule has 1 heterocycles. The van der Waals surface area contributed by atoms with E-state index in [1.807, 2.05) is 0 Å². The van der Waals surface area contributed by atoms with Crippen LogP contribution in [0.2, 0.25) is 0 Å². The minimum atomic E-state index is 0.413. The molecule has 1 aliphatic rings. The van der Waals surface area contributed by atoms with Crippen molar-refractivity contribution in [1.29, 1.82) is 0 Å². The van der Waals surface area contributed by atoms with Gasteiger partial charge in [-0.15, -0.1) is 0 Å². The zero-order valence-electron chi connectivity index (χ0n) is 5.97. The van der Waals surface area contributed by atoms with Gasteiger partial charge in [0.2, 0.25) is 0 Å². The Morgan fingerprint density at radius 3 is 2.67 bits per heavy atom. The summed E-state index contributed by atoms with van der Waals surface area (Å²) in [5.41, 5.74) is 5.61. The van der Waals surface area contributed by atoms with Crippen molar-refractivity contribution in [2.24, 2.45) is 11.7 Å². The molecule has 1 atom stereocenters. The predicted molar refractivity (Wildman–Crippen MR) is 43.7 cm³/mol. The second kappa shape index (κ2) is 3.47. The lowest BCUT2D eigenvalue weighted by molar-refractivity contribution is 0.510. The molecule has 1 rings (SSSR count). The maximum Gasteiger partial charge on any atom is 0.00105 e. The molecule has 1 aliphatic heterocycles. The number of thioether (sulfide) groups is 1. The van der Waals surface area contributed by atoms with Gasteiger partial charge in [0.25, 0.3) is 0 Å². The molecule has 0 amide bonds. The van der Waals surface area contributed by atoms with Gasteiger partial charge in [0.05, 0.1) is 0 Å². The molecule has 0 spiro atoms. The van der Waals surface area contributed by atoms with E-state index >= 15 is 0 Å². The molecule has 9 heavy (non-hydrogen) atoms. The lowest BCUT2D eigenvalue weighted by Gasteiger charge is -2.25. The molecule has 0 radical (unpaired) electrons. The van der Waals surface area contributed by atoms with E-state index in [0.29, 0.717) is 6.04 Å². The maximum absolute atomic E-state index is 5.61. The summed E-state index contributed by atoms with van der Waals surface area (Å²) in [7, 11) is 0. The van der Waals surface area contributed by atoms with Crippen LogP contribution >= 0.6 is 11.8 Å². The molecule has 0 aromatic heterocycles. The molecule has 1 saturated heterocycles. The Balaban J connectivity index is 1.91. The molecule has 2 N–H and O–H groups in total. The van der Waals surface area contributed by atoms with Gasteiger partial charge in [-0.25, -0.2) is 0 Å². The molecular formula is C7H15NS. The van der Waals surface area contributed by atoms with Gasteiger partial charge in [-0.1, -0.05) is 0 Å². The van der Waals surface area contributed by atoms with E-state index in [9.17, 15) is 0 Å². The Kier molecular flexibility index (Phi) is 2.86. The molecule has 0 aromatic rings. The highest BCUT2D eigenvalue weighted by Gasteiger charge is 2.17. The van der Waals surface area contributed by atoms with Crippen LogP contribution in [-0.2, 0) is 0 Å². The number of hydrogen-bond acceptors (Lipinski definition) is 2. The molecule has 1 nitrogen and oxygen atoms in total. The Labute approximate surface area is 61.4 Å². The number of hydrogen-bond donors (Lipinski definition) is 1. The third-order valence-electron chi connectivity index (χ3n) is 1.74. The van der Waals surface area contributed by atoms with Gasteiger partial charge in [0.1, 0.15) is 0 Å². The van der Waals surface area contributed by atoms with Crippen molar-refractivity contribution in [3.8, 4) is 0 Å². The molecular weight excluding hydrogens is 130 g/mol. The lowest BCUT2D eigenvalue weighted by Crippen LogP contribution is -2.22. The van der Waals surface area contributed by atoms with Crippen LogP contribution in [0.15, 0.2) is 0 Å². The smallest absolute Gasteiger partial charge is 0.00105 e. The lowest BCUT2D eigenvalue weighted by atomic mass is 10.0. The van der Waals surface area contributed by atoms with Crippen LogP contribution in [-0.4, -0.2) is 17.5 Å². The molecule has 1 unspecified atom stereocenters. The third kappa shape index (κ3) is 2.59. The third-order valence-corrected chi connectivity index (χ3v) is 3.15. The summed E-state index contributed by atoms with van der Waals surface area (Å²) in [4.78, 5) is 0. The Morgan fingerprint density at radius 1 is 1.67 bits per heavy atom. The van der Waals surface area contributed by atoms with E-state index in [1.54, 1.807) is 0 Å². The predicted octanol–water partition coefficient (Wildman–Crippen LogP) is 1.48. The van der Waals surface area contributed by atoms with E-state index in [1.165, 1.54) is 24.3 Å². The topological polar surface area (TPSA) is 26.0 Å². The monoisotopic (exact) mass is 145 g/mol. The molecule has 0 bridgehead atoms. The standard InChI is InChI=1S/C7H15NS/c1-6(8)2-3-7-4-9-5-7/h6-7H,2-5,8H2,1H3. The Bertz CT molecular complexity index is 79.0. The summed E-state index contributed by atoms with van der Waals surface area (Å²) < 4.78 is 0. The van der Waals surface area contributed by atoms with Crippen molar-refractivity contribution in [3.63, 3.8) is 0 Å². The molecule has 54 valence electrons. The van der Waals surface area contributed by atoms with E-state index in [-0.39, 0.29) is 0 Å². The van der Waals surface area contributed by atoms with Gasteiger partial charge in [0.15, 0.2) is 0 Å². The summed E-state index contributed by atoms with van der Waals surface area (Å²) in [5, 5.41) is 0. The second-order valence-electron chi connectivity index (χ2n) is 2.96. The second-order valence-corrected chi connectivity index (χ2v) is 4.03. The van der Waals surface area contributed by atoms with Crippen LogP contribution in [0.5, 0.6) is 0 Å². The normalized spacial score (nSPS) is 23.3. The van der Waals surface area contributed by atoms with Crippen LogP contribution in [0.25, 0.3) is 0 Å². The van der Waals surface area contributed by atoms with Crippen molar-refractivity contribution in [2.45, 2.75) is 25.8 Å². The van der Waals surface area contributed by atoms with Gasteiger partial charge in [-0.3, -0.25) is 0 Å². The van der Waals surface area contributed by atoms with Gasteiger partial charge in [-0.2, -0.15) is 11.8 Å². The fraction of sp³-hybridized carbons (Fsp3) is 1.00. The van der Waals surface area contributed by atoms with Crippen molar-refractivity contribution >= 4 is 11.8 Å². The quantitative estimate of drug-likeness (QED) is 0.651.